The van der Waals surface area contributed by atoms with E-state index in [-0.39, 0.29) is 10.6 Å². The Kier molecular flexibility index (Phi) is 4.71. The lowest BCUT2D eigenvalue weighted by Crippen LogP contribution is -2.15. The summed E-state index contributed by atoms with van der Waals surface area (Å²) < 4.78 is 24.6. The first-order chi connectivity index (χ1) is 9.79. The van der Waals surface area contributed by atoms with E-state index in [1.807, 2.05) is 32.0 Å². The number of aliphatic hydroxyl groups excluding tert-OH is 1. The van der Waals surface area contributed by atoms with Gasteiger partial charge in [0.1, 0.15) is 0 Å². The predicted molar refractivity (Wildman–Crippen MR) is 84.4 cm³/mol. The van der Waals surface area contributed by atoms with Crippen LogP contribution in [0.3, 0.4) is 0 Å². The molecule has 0 aliphatic carbocycles. The molecule has 3 nitrogen and oxygen atoms in total. The zero-order valence-electron chi connectivity index (χ0n) is 11.9. The highest BCUT2D eigenvalue weighted by Crippen LogP contribution is 2.24. The molecule has 2 aromatic carbocycles. The van der Waals surface area contributed by atoms with Crippen LogP contribution in [-0.4, -0.2) is 19.3 Å². The van der Waals surface area contributed by atoms with E-state index in [2.05, 4.69) is 0 Å². The van der Waals surface area contributed by atoms with Crippen molar-refractivity contribution < 1.29 is 13.5 Å². The smallest absolute Gasteiger partial charge is 0.181 e. The molecule has 5 heteroatoms. The fraction of sp³-hybridized carbons (Fsp3) is 0.250. The van der Waals surface area contributed by atoms with Crippen LogP contribution in [0.2, 0.25) is 5.02 Å². The second kappa shape index (κ2) is 6.18. The van der Waals surface area contributed by atoms with Crippen molar-refractivity contribution in [3.63, 3.8) is 0 Å². The van der Waals surface area contributed by atoms with Gasteiger partial charge in [0.2, 0.25) is 0 Å². The number of hydrogen-bond donors (Lipinski definition) is 1. The summed E-state index contributed by atoms with van der Waals surface area (Å²) in [5.74, 6) is -0.348. The molecule has 0 amide bonds. The Balaban J connectivity index is 2.27. The minimum Gasteiger partial charge on any atom is -0.387 e. The van der Waals surface area contributed by atoms with Crippen molar-refractivity contribution in [1.29, 1.82) is 0 Å². The monoisotopic (exact) mass is 324 g/mol. The quantitative estimate of drug-likeness (QED) is 0.937. The molecule has 21 heavy (non-hydrogen) atoms. The van der Waals surface area contributed by atoms with Gasteiger partial charge in [-0.25, -0.2) is 8.42 Å². The third-order valence-corrected chi connectivity index (χ3v) is 5.34. The number of benzene rings is 2. The molecule has 0 saturated heterocycles. The number of hydrogen-bond acceptors (Lipinski definition) is 3. The summed E-state index contributed by atoms with van der Waals surface area (Å²) >= 11 is 5.76. The van der Waals surface area contributed by atoms with Crippen LogP contribution in [0.5, 0.6) is 0 Å². The predicted octanol–water partition coefficient (Wildman–Crippen LogP) is 3.46. The Morgan fingerprint density at radius 1 is 1.10 bits per heavy atom. The molecule has 2 aromatic rings. The maximum atomic E-state index is 12.3. The van der Waals surface area contributed by atoms with Gasteiger partial charge in [-0.05, 0) is 49.2 Å². The number of aryl methyl sites for hydroxylation is 2. The number of aliphatic hydroxyl groups is 1. The van der Waals surface area contributed by atoms with E-state index < -0.39 is 15.9 Å². The molecule has 0 radical (unpaired) electrons. The zero-order valence-corrected chi connectivity index (χ0v) is 13.4. The number of rotatable bonds is 4. The van der Waals surface area contributed by atoms with E-state index in [0.29, 0.717) is 10.6 Å². The Labute approximate surface area is 130 Å². The average Bonchev–Trinajstić information content (AvgIpc) is 2.41. The second-order valence-corrected chi connectivity index (χ2v) is 7.58. The van der Waals surface area contributed by atoms with Crippen molar-refractivity contribution in [3.05, 3.63) is 64.2 Å². The summed E-state index contributed by atoms with van der Waals surface area (Å²) in [4.78, 5) is 0.163. The maximum absolute atomic E-state index is 12.3. The Morgan fingerprint density at radius 2 is 1.71 bits per heavy atom. The average molecular weight is 325 g/mol. The van der Waals surface area contributed by atoms with E-state index >= 15 is 0 Å². The van der Waals surface area contributed by atoms with Gasteiger partial charge < -0.3 is 5.11 Å². The van der Waals surface area contributed by atoms with E-state index in [1.165, 1.54) is 24.3 Å². The molecule has 1 unspecified atom stereocenters. The van der Waals surface area contributed by atoms with Gasteiger partial charge in [0.15, 0.2) is 9.84 Å². The minimum atomic E-state index is -3.56. The van der Waals surface area contributed by atoms with Gasteiger partial charge in [0.25, 0.3) is 0 Å². The third-order valence-electron chi connectivity index (χ3n) is 3.34. The molecule has 0 spiro atoms. The molecular formula is C16H17ClO3S. The molecule has 2 rings (SSSR count). The first-order valence-electron chi connectivity index (χ1n) is 6.53. The van der Waals surface area contributed by atoms with Crippen LogP contribution in [0.4, 0.5) is 0 Å². The summed E-state index contributed by atoms with van der Waals surface area (Å²) in [6.07, 6.45) is -1.05. The highest BCUT2D eigenvalue weighted by atomic mass is 35.5. The van der Waals surface area contributed by atoms with Crippen LogP contribution in [-0.2, 0) is 9.84 Å². The van der Waals surface area contributed by atoms with E-state index in [9.17, 15) is 13.5 Å². The van der Waals surface area contributed by atoms with E-state index in [1.54, 1.807) is 0 Å². The first kappa shape index (κ1) is 16.0. The van der Waals surface area contributed by atoms with Crippen molar-refractivity contribution in [2.24, 2.45) is 0 Å². The van der Waals surface area contributed by atoms with Gasteiger partial charge in [-0.2, -0.15) is 0 Å². The topological polar surface area (TPSA) is 54.4 Å². The normalized spacial score (nSPS) is 13.1. The van der Waals surface area contributed by atoms with E-state index in [0.717, 1.165) is 11.1 Å². The fourth-order valence-corrected chi connectivity index (χ4v) is 3.62. The van der Waals surface area contributed by atoms with Crippen LogP contribution >= 0.6 is 11.6 Å². The van der Waals surface area contributed by atoms with Crippen LogP contribution in [0.1, 0.15) is 22.8 Å². The molecule has 1 N–H and O–H groups in total. The summed E-state index contributed by atoms with van der Waals surface area (Å²) in [6, 6.07) is 11.6. The molecule has 0 bridgehead atoms. The van der Waals surface area contributed by atoms with Gasteiger partial charge in [0, 0.05) is 5.02 Å². The van der Waals surface area contributed by atoms with Crippen molar-refractivity contribution in [3.8, 4) is 0 Å². The minimum absolute atomic E-state index is 0.163. The molecule has 0 saturated carbocycles. The summed E-state index contributed by atoms with van der Waals surface area (Å²) in [5.41, 5.74) is 2.51. The van der Waals surface area contributed by atoms with Crippen LogP contribution < -0.4 is 0 Å². The lowest BCUT2D eigenvalue weighted by Gasteiger charge is -2.15. The molecule has 0 aliphatic heterocycles. The van der Waals surface area contributed by atoms with E-state index in [4.69, 9.17) is 11.6 Å². The molecule has 112 valence electrons. The maximum Gasteiger partial charge on any atom is 0.181 e. The summed E-state index contributed by atoms with van der Waals surface area (Å²) in [5, 5.41) is 10.7. The SMILES string of the molecule is Cc1ccc(C)c(C(O)CS(=O)(=O)c2ccc(Cl)cc2)c1. The zero-order chi connectivity index (χ0) is 15.6. The number of sulfone groups is 1. The summed E-state index contributed by atoms with van der Waals surface area (Å²) in [6.45, 7) is 3.76. The van der Waals surface area contributed by atoms with Gasteiger partial charge in [-0.3, -0.25) is 0 Å². The van der Waals surface area contributed by atoms with Crippen LogP contribution in [0.15, 0.2) is 47.4 Å². The fourth-order valence-electron chi connectivity index (χ4n) is 2.15. The Morgan fingerprint density at radius 3 is 2.33 bits per heavy atom. The molecule has 0 aromatic heterocycles. The summed E-state index contributed by atoms with van der Waals surface area (Å²) in [7, 11) is -3.56. The van der Waals surface area contributed by atoms with Gasteiger partial charge >= 0.3 is 0 Å². The Bertz CT molecular complexity index is 737. The molecule has 0 heterocycles. The molecule has 0 aliphatic rings. The molecular weight excluding hydrogens is 308 g/mol. The standard InChI is InChI=1S/C16H17ClO3S/c1-11-3-4-12(2)15(9-11)16(18)10-21(19,20)14-7-5-13(17)6-8-14/h3-9,16,18H,10H2,1-2H3. The number of halogens is 1. The molecule has 0 fully saturated rings. The van der Waals surface area contributed by atoms with Crippen LogP contribution in [0.25, 0.3) is 0 Å². The van der Waals surface area contributed by atoms with Gasteiger partial charge in [-0.15, -0.1) is 0 Å². The first-order valence-corrected chi connectivity index (χ1v) is 8.56. The Hall–Kier alpha value is -1.36. The highest BCUT2D eigenvalue weighted by Gasteiger charge is 2.22. The lowest BCUT2D eigenvalue weighted by molar-refractivity contribution is 0.201. The largest absolute Gasteiger partial charge is 0.387 e. The van der Waals surface area contributed by atoms with Crippen molar-refractivity contribution in [2.75, 3.05) is 5.75 Å². The lowest BCUT2D eigenvalue weighted by atomic mass is 10.0. The van der Waals surface area contributed by atoms with Crippen molar-refractivity contribution in [1.82, 2.24) is 0 Å². The third kappa shape index (κ3) is 3.84. The second-order valence-electron chi connectivity index (χ2n) is 5.11. The van der Waals surface area contributed by atoms with Crippen molar-refractivity contribution in [2.45, 2.75) is 24.8 Å². The van der Waals surface area contributed by atoms with Crippen LogP contribution in [0, 0.1) is 13.8 Å². The van der Waals surface area contributed by atoms with Crippen molar-refractivity contribution >= 4 is 21.4 Å². The van der Waals surface area contributed by atoms with Gasteiger partial charge in [0.05, 0.1) is 16.8 Å². The van der Waals surface area contributed by atoms with Gasteiger partial charge in [-0.1, -0.05) is 35.4 Å². The molecule has 1 atom stereocenters. The highest BCUT2D eigenvalue weighted by molar-refractivity contribution is 7.91.